The molecular weight excluding hydrogens is 364 g/mol. The minimum absolute atomic E-state index is 0.404. The predicted molar refractivity (Wildman–Crippen MR) is 74.3 cm³/mol. The molecule has 0 fully saturated rings. The summed E-state index contributed by atoms with van der Waals surface area (Å²) < 4.78 is 6.82. The van der Waals surface area contributed by atoms with Crippen LogP contribution in [-0.2, 0) is 0 Å². The highest BCUT2D eigenvalue weighted by Gasteiger charge is 2.20. The van der Waals surface area contributed by atoms with E-state index in [1.165, 1.54) is 7.11 Å². The summed E-state index contributed by atoms with van der Waals surface area (Å²) in [5, 5.41) is 0. The van der Waals surface area contributed by atoms with Crippen LogP contribution in [0.4, 0.5) is 0 Å². The van der Waals surface area contributed by atoms with Gasteiger partial charge >= 0.3 is 0 Å². The second-order valence-corrected chi connectivity index (χ2v) is 5.22. The first kappa shape index (κ1) is 13.4. The third kappa shape index (κ3) is 2.68. The van der Waals surface area contributed by atoms with E-state index < -0.39 is 6.04 Å². The Kier molecular flexibility index (Phi) is 4.26. The van der Waals surface area contributed by atoms with Crippen molar-refractivity contribution in [1.82, 2.24) is 15.0 Å². The van der Waals surface area contributed by atoms with Gasteiger partial charge in [0, 0.05) is 27.5 Å². The fourth-order valence-corrected chi connectivity index (χ4v) is 2.72. The molecule has 0 aliphatic carbocycles. The number of nitrogens with two attached hydrogens (primary N) is 1. The van der Waals surface area contributed by atoms with Gasteiger partial charge < -0.3 is 10.5 Å². The summed E-state index contributed by atoms with van der Waals surface area (Å²) in [6, 6.07) is 1.38. The number of nitrogens with zero attached hydrogens (tertiary/aromatic N) is 3. The van der Waals surface area contributed by atoms with Gasteiger partial charge in [-0.15, -0.1) is 0 Å². The molecule has 0 aliphatic heterocycles. The van der Waals surface area contributed by atoms with E-state index in [1.54, 1.807) is 18.6 Å². The molecule has 0 aromatic carbocycles. The summed E-state index contributed by atoms with van der Waals surface area (Å²) in [6.07, 6.45) is 4.81. The van der Waals surface area contributed by atoms with Gasteiger partial charge in [-0.2, -0.15) is 0 Å². The molecule has 18 heavy (non-hydrogen) atoms. The summed E-state index contributed by atoms with van der Waals surface area (Å²) in [7, 11) is 1.53. The van der Waals surface area contributed by atoms with Crippen molar-refractivity contribution in [1.29, 1.82) is 0 Å². The average molecular weight is 374 g/mol. The topological polar surface area (TPSA) is 73.9 Å². The molecule has 5 nitrogen and oxygen atoms in total. The van der Waals surface area contributed by atoms with Gasteiger partial charge in [0.1, 0.15) is 5.69 Å². The van der Waals surface area contributed by atoms with Gasteiger partial charge in [-0.05, 0) is 37.9 Å². The monoisotopic (exact) mass is 372 g/mol. The Bertz CT molecular complexity index is 564. The van der Waals surface area contributed by atoms with Crippen LogP contribution in [0.15, 0.2) is 33.6 Å². The Morgan fingerprint density at radius 1 is 1.17 bits per heavy atom. The van der Waals surface area contributed by atoms with Crippen molar-refractivity contribution < 1.29 is 4.74 Å². The molecule has 0 amide bonds. The molecule has 2 aromatic rings. The van der Waals surface area contributed by atoms with Crippen molar-refractivity contribution in [3.63, 3.8) is 0 Å². The Hall–Kier alpha value is -1.05. The van der Waals surface area contributed by atoms with Crippen LogP contribution in [0.1, 0.15) is 17.4 Å². The number of hydrogen-bond acceptors (Lipinski definition) is 5. The maximum absolute atomic E-state index is 6.15. The molecule has 2 aromatic heterocycles. The van der Waals surface area contributed by atoms with Gasteiger partial charge in [0.2, 0.25) is 5.88 Å². The maximum Gasteiger partial charge on any atom is 0.237 e. The number of hydrogen-bond donors (Lipinski definition) is 1. The van der Waals surface area contributed by atoms with Gasteiger partial charge in [0.15, 0.2) is 0 Å². The standard InChI is InChI=1S/C11H10Br2N4O/c1-18-11-10(15-2-3-16-11)8(14)9-7(13)4-6(12)5-17-9/h2-5,8H,14H2,1H3. The lowest BCUT2D eigenvalue weighted by Crippen LogP contribution is -2.17. The molecule has 2 N–H and O–H groups in total. The highest BCUT2D eigenvalue weighted by atomic mass is 79.9. The zero-order valence-corrected chi connectivity index (χ0v) is 12.6. The van der Waals surface area contributed by atoms with Crippen LogP contribution < -0.4 is 10.5 Å². The van der Waals surface area contributed by atoms with E-state index in [0.717, 1.165) is 8.95 Å². The first-order chi connectivity index (χ1) is 8.63. The second kappa shape index (κ2) is 5.73. The van der Waals surface area contributed by atoms with E-state index in [1.807, 2.05) is 6.07 Å². The fourth-order valence-electron chi connectivity index (χ4n) is 1.49. The Morgan fingerprint density at radius 3 is 2.56 bits per heavy atom. The Labute approximate surface area is 121 Å². The molecular formula is C11H10Br2N4O. The number of halogens is 2. The fraction of sp³-hybridized carbons (Fsp3) is 0.182. The van der Waals surface area contributed by atoms with E-state index >= 15 is 0 Å². The third-order valence-corrected chi connectivity index (χ3v) is 3.38. The van der Waals surface area contributed by atoms with Crippen molar-refractivity contribution in [2.45, 2.75) is 6.04 Å². The van der Waals surface area contributed by atoms with Gasteiger partial charge in [-0.25, -0.2) is 4.98 Å². The van der Waals surface area contributed by atoms with E-state index in [-0.39, 0.29) is 0 Å². The lowest BCUT2D eigenvalue weighted by Gasteiger charge is -2.14. The molecule has 1 atom stereocenters. The largest absolute Gasteiger partial charge is 0.480 e. The number of aromatic nitrogens is 3. The SMILES string of the molecule is COc1nccnc1C(N)c1ncc(Br)cc1Br. The molecule has 0 radical (unpaired) electrons. The molecule has 2 heterocycles. The normalized spacial score (nSPS) is 12.2. The summed E-state index contributed by atoms with van der Waals surface area (Å²) in [5.41, 5.74) is 7.38. The molecule has 0 saturated carbocycles. The predicted octanol–water partition coefficient (Wildman–Crippen LogP) is 2.45. The Balaban J connectivity index is 2.44. The van der Waals surface area contributed by atoms with Crippen molar-refractivity contribution in [2.75, 3.05) is 7.11 Å². The van der Waals surface area contributed by atoms with E-state index in [2.05, 4.69) is 46.8 Å². The van der Waals surface area contributed by atoms with Crippen LogP contribution in [0.5, 0.6) is 5.88 Å². The quantitative estimate of drug-likeness (QED) is 0.894. The molecule has 0 aliphatic rings. The minimum Gasteiger partial charge on any atom is -0.480 e. The lowest BCUT2D eigenvalue weighted by molar-refractivity contribution is 0.386. The highest BCUT2D eigenvalue weighted by molar-refractivity contribution is 9.11. The summed E-state index contributed by atoms with van der Waals surface area (Å²) in [6.45, 7) is 0. The molecule has 0 saturated heterocycles. The smallest absolute Gasteiger partial charge is 0.237 e. The number of methoxy groups -OCH3 is 1. The molecule has 0 spiro atoms. The summed E-state index contributed by atoms with van der Waals surface area (Å²) >= 11 is 6.77. The average Bonchev–Trinajstić information content (AvgIpc) is 2.38. The highest BCUT2D eigenvalue weighted by Crippen LogP contribution is 2.29. The summed E-state index contributed by atoms with van der Waals surface area (Å²) in [4.78, 5) is 12.6. The molecule has 94 valence electrons. The van der Waals surface area contributed by atoms with Crippen molar-refractivity contribution in [2.24, 2.45) is 5.73 Å². The van der Waals surface area contributed by atoms with E-state index in [4.69, 9.17) is 10.5 Å². The van der Waals surface area contributed by atoms with E-state index in [0.29, 0.717) is 17.3 Å². The van der Waals surface area contributed by atoms with Gasteiger partial charge in [0.25, 0.3) is 0 Å². The molecule has 7 heteroatoms. The third-order valence-electron chi connectivity index (χ3n) is 2.31. The van der Waals surface area contributed by atoms with Gasteiger partial charge in [-0.1, -0.05) is 0 Å². The maximum atomic E-state index is 6.15. The van der Waals surface area contributed by atoms with Crippen LogP contribution in [-0.4, -0.2) is 22.1 Å². The minimum atomic E-state index is -0.504. The zero-order valence-electron chi connectivity index (χ0n) is 9.47. The van der Waals surface area contributed by atoms with E-state index in [9.17, 15) is 0 Å². The second-order valence-electron chi connectivity index (χ2n) is 3.45. The Morgan fingerprint density at radius 2 is 1.89 bits per heavy atom. The lowest BCUT2D eigenvalue weighted by atomic mass is 10.1. The number of rotatable bonds is 3. The van der Waals surface area contributed by atoms with Crippen LogP contribution >= 0.6 is 31.9 Å². The number of pyridine rings is 1. The van der Waals surface area contributed by atoms with Gasteiger partial charge in [0.05, 0.1) is 18.8 Å². The summed E-state index contributed by atoms with van der Waals surface area (Å²) in [5.74, 6) is 0.404. The molecule has 0 bridgehead atoms. The molecule has 2 rings (SSSR count). The van der Waals surface area contributed by atoms with Crippen LogP contribution in [0.25, 0.3) is 0 Å². The van der Waals surface area contributed by atoms with Crippen LogP contribution in [0.3, 0.4) is 0 Å². The van der Waals surface area contributed by atoms with Gasteiger partial charge in [-0.3, -0.25) is 9.97 Å². The first-order valence-electron chi connectivity index (χ1n) is 5.05. The number of ether oxygens (including phenoxy) is 1. The first-order valence-corrected chi connectivity index (χ1v) is 6.63. The zero-order chi connectivity index (χ0) is 13.1. The van der Waals surface area contributed by atoms with Crippen LogP contribution in [0.2, 0.25) is 0 Å². The molecule has 1 unspecified atom stereocenters. The van der Waals surface area contributed by atoms with Crippen molar-refractivity contribution >= 4 is 31.9 Å². The van der Waals surface area contributed by atoms with Crippen LogP contribution in [0, 0.1) is 0 Å². The van der Waals surface area contributed by atoms with Crippen molar-refractivity contribution in [3.8, 4) is 5.88 Å². The van der Waals surface area contributed by atoms with Crippen molar-refractivity contribution in [3.05, 3.63) is 45.0 Å².